The zero-order valence-electron chi connectivity index (χ0n) is 19.3. The van der Waals surface area contributed by atoms with Crippen molar-refractivity contribution in [3.05, 3.63) is 93.2 Å². The van der Waals surface area contributed by atoms with Gasteiger partial charge in [0.15, 0.2) is 11.4 Å². The maximum atomic E-state index is 14.3. The molecule has 0 bridgehead atoms. The highest BCUT2D eigenvalue weighted by Gasteiger charge is 2.52. The van der Waals surface area contributed by atoms with Crippen molar-refractivity contribution < 1.29 is 27.5 Å². The fourth-order valence-electron chi connectivity index (χ4n) is 5.63. The molecule has 6 rings (SSSR count). The summed E-state index contributed by atoms with van der Waals surface area (Å²) in [6.45, 7) is -0.188. The number of benzene rings is 2. The maximum absolute atomic E-state index is 14.3. The van der Waals surface area contributed by atoms with Crippen molar-refractivity contribution in [2.75, 3.05) is 11.6 Å². The lowest BCUT2D eigenvalue weighted by molar-refractivity contribution is -0.189. The van der Waals surface area contributed by atoms with E-state index in [9.17, 15) is 32.3 Å². The summed E-state index contributed by atoms with van der Waals surface area (Å²) in [5.74, 6) is -3.09. The summed E-state index contributed by atoms with van der Waals surface area (Å²) in [7, 11) is 0. The molecule has 37 heavy (non-hydrogen) atoms. The largest absolute Gasteiger partial charge is 0.502 e. The van der Waals surface area contributed by atoms with Gasteiger partial charge in [-0.1, -0.05) is 24.3 Å². The van der Waals surface area contributed by atoms with Crippen molar-refractivity contribution in [1.82, 2.24) is 9.58 Å². The Labute approximate surface area is 213 Å². The number of hydrogen-bond donors (Lipinski definition) is 1. The van der Waals surface area contributed by atoms with Crippen molar-refractivity contribution in [3.63, 3.8) is 0 Å². The van der Waals surface area contributed by atoms with Crippen LogP contribution in [0.1, 0.15) is 46.1 Å². The summed E-state index contributed by atoms with van der Waals surface area (Å²) in [4.78, 5) is 27.9. The molecule has 0 aliphatic carbocycles. The minimum Gasteiger partial charge on any atom is -0.502 e. The molecule has 1 aromatic heterocycles. The molecule has 1 N–H and O–H groups in total. The Balaban J connectivity index is 1.63. The minimum absolute atomic E-state index is 0.188. The van der Waals surface area contributed by atoms with E-state index in [-0.39, 0.29) is 25.1 Å². The topological polar surface area (TPSA) is 65.8 Å². The Morgan fingerprint density at radius 1 is 1.03 bits per heavy atom. The number of halogens is 4. The van der Waals surface area contributed by atoms with Gasteiger partial charge in [0, 0.05) is 29.5 Å². The van der Waals surface area contributed by atoms with Gasteiger partial charge in [-0.3, -0.25) is 19.3 Å². The van der Waals surface area contributed by atoms with Gasteiger partial charge in [-0.25, -0.2) is 4.39 Å². The van der Waals surface area contributed by atoms with Gasteiger partial charge in [0.2, 0.25) is 5.43 Å². The first kappa shape index (κ1) is 23.9. The molecule has 4 heterocycles. The fourth-order valence-corrected chi connectivity index (χ4v) is 6.71. The number of carbonyl (C=O) groups excluding carboxylic acids is 1. The summed E-state index contributed by atoms with van der Waals surface area (Å²) in [5.41, 5.74) is 1.05. The number of amides is 1. The average Bonchev–Trinajstić information content (AvgIpc) is 3.02. The highest BCUT2D eigenvalue weighted by Crippen LogP contribution is 2.47. The molecule has 0 unspecified atom stereocenters. The first-order valence-electron chi connectivity index (χ1n) is 11.8. The van der Waals surface area contributed by atoms with Crippen LogP contribution in [-0.2, 0) is 5.75 Å². The molecule has 0 radical (unpaired) electrons. The van der Waals surface area contributed by atoms with Gasteiger partial charge in [-0.15, -0.1) is 11.8 Å². The van der Waals surface area contributed by atoms with Gasteiger partial charge in [0.05, 0.1) is 12.0 Å². The second kappa shape index (κ2) is 8.54. The van der Waals surface area contributed by atoms with Crippen LogP contribution in [0.3, 0.4) is 0 Å². The number of alkyl halides is 3. The Morgan fingerprint density at radius 2 is 1.81 bits per heavy atom. The van der Waals surface area contributed by atoms with E-state index in [0.717, 1.165) is 16.5 Å². The van der Waals surface area contributed by atoms with Crippen LogP contribution in [0.5, 0.6) is 5.75 Å². The number of rotatable bonds is 1. The van der Waals surface area contributed by atoms with Gasteiger partial charge in [-0.2, -0.15) is 13.2 Å². The molecule has 2 aromatic carbocycles. The van der Waals surface area contributed by atoms with Gasteiger partial charge >= 0.3 is 6.18 Å². The third-order valence-electron chi connectivity index (χ3n) is 7.37. The van der Waals surface area contributed by atoms with Crippen molar-refractivity contribution >= 4 is 17.7 Å². The summed E-state index contributed by atoms with van der Waals surface area (Å²) in [6.07, 6.45) is -4.83. The molecular weight excluding hydrogens is 510 g/mol. The maximum Gasteiger partial charge on any atom is 0.392 e. The Morgan fingerprint density at radius 3 is 2.59 bits per heavy atom. The summed E-state index contributed by atoms with van der Waals surface area (Å²) >= 11 is 1.49. The molecule has 0 saturated carbocycles. The van der Waals surface area contributed by atoms with Crippen LogP contribution in [0.25, 0.3) is 0 Å². The van der Waals surface area contributed by atoms with E-state index in [1.54, 1.807) is 11.1 Å². The molecule has 1 amide bonds. The van der Waals surface area contributed by atoms with Gasteiger partial charge in [0.25, 0.3) is 5.91 Å². The molecule has 3 aromatic rings. The van der Waals surface area contributed by atoms with Crippen LogP contribution in [0.4, 0.5) is 17.6 Å². The van der Waals surface area contributed by atoms with Crippen LogP contribution in [0.15, 0.2) is 64.4 Å². The lowest BCUT2D eigenvalue weighted by Crippen LogP contribution is -2.65. The van der Waals surface area contributed by atoms with E-state index in [4.69, 9.17) is 0 Å². The molecule has 1 saturated heterocycles. The molecule has 11 heteroatoms. The highest BCUT2D eigenvalue weighted by atomic mass is 32.2. The van der Waals surface area contributed by atoms with Crippen molar-refractivity contribution in [2.24, 2.45) is 5.92 Å². The number of fused-ring (bicyclic) bond motifs is 4. The van der Waals surface area contributed by atoms with Crippen LogP contribution >= 0.6 is 11.8 Å². The first-order valence-corrected chi connectivity index (χ1v) is 12.7. The van der Waals surface area contributed by atoms with E-state index in [2.05, 4.69) is 0 Å². The van der Waals surface area contributed by atoms with Crippen LogP contribution in [0.2, 0.25) is 0 Å². The number of hydrogen-bond acceptors (Lipinski definition) is 5. The second-order valence-electron chi connectivity index (χ2n) is 9.42. The fraction of sp³-hybridized carbons (Fsp3) is 0.308. The van der Waals surface area contributed by atoms with Gasteiger partial charge in [-0.05, 0) is 47.7 Å². The predicted molar refractivity (Wildman–Crippen MR) is 128 cm³/mol. The van der Waals surface area contributed by atoms with Gasteiger partial charge < -0.3 is 10.0 Å². The number of carbonyl (C=O) groups is 1. The van der Waals surface area contributed by atoms with Crippen LogP contribution < -0.4 is 10.4 Å². The lowest BCUT2D eigenvalue weighted by atomic mass is 9.89. The second-order valence-corrected chi connectivity index (χ2v) is 10.4. The van der Waals surface area contributed by atoms with Crippen molar-refractivity contribution in [2.45, 2.75) is 41.9 Å². The van der Waals surface area contributed by atoms with E-state index < -0.39 is 47.2 Å². The molecule has 3 aliphatic rings. The zero-order valence-corrected chi connectivity index (χ0v) is 20.1. The highest BCUT2D eigenvalue weighted by molar-refractivity contribution is 7.98. The number of aromatic nitrogens is 1. The Hall–Kier alpha value is -3.47. The predicted octanol–water partition coefficient (Wildman–Crippen LogP) is 4.78. The van der Waals surface area contributed by atoms with E-state index in [0.29, 0.717) is 16.9 Å². The van der Waals surface area contributed by atoms with E-state index in [1.165, 1.54) is 39.7 Å². The summed E-state index contributed by atoms with van der Waals surface area (Å²) in [5, 5.41) is 12.3. The summed E-state index contributed by atoms with van der Waals surface area (Å²) < 4.78 is 57.3. The van der Waals surface area contributed by atoms with Crippen LogP contribution in [0, 0.1) is 11.7 Å². The quantitative estimate of drug-likeness (QED) is 0.458. The number of pyridine rings is 1. The Kier molecular flexibility index (Phi) is 5.52. The van der Waals surface area contributed by atoms with E-state index >= 15 is 0 Å². The van der Waals surface area contributed by atoms with E-state index in [1.807, 2.05) is 24.3 Å². The molecule has 3 aliphatic heterocycles. The zero-order chi connectivity index (χ0) is 26.1. The third-order valence-corrected chi connectivity index (χ3v) is 8.51. The standard InChI is InChI=1S/C26H21F4N3O3S/c27-16-5-6-17-14(11-16)13-37-20-4-2-1-3-18(20)22(17)33-21-12-15(26(28,29)30)7-9-31(21)25(36)23-24(35)19(34)8-10-32(23)33/h1-6,8,10-11,15,21-22,35H,7,9,12-13H2/t15-,21+,22-/m0/s1. The normalized spacial score (nSPS) is 23.0. The molecule has 6 nitrogen and oxygen atoms in total. The number of thioether (sulfide) groups is 1. The summed E-state index contributed by atoms with van der Waals surface area (Å²) in [6, 6.07) is 12.1. The molecule has 1 fully saturated rings. The SMILES string of the molecule is O=C1c2c(O)c(=O)ccn2N([C@H]2c3ccc(F)cc3CSc3ccccc32)[C@@H]2C[C@@H](C(F)(F)F)CCN12. The smallest absolute Gasteiger partial charge is 0.392 e. The molecule has 0 spiro atoms. The molecule has 192 valence electrons. The number of piperidine rings is 1. The Bertz CT molecular complexity index is 1470. The van der Waals surface area contributed by atoms with Crippen molar-refractivity contribution in [1.29, 1.82) is 0 Å². The number of nitrogens with zero attached hydrogens (tertiary/aromatic N) is 3. The van der Waals surface area contributed by atoms with Crippen LogP contribution in [-0.4, -0.2) is 39.5 Å². The molecular formula is C26H21F4N3O3S. The number of aromatic hydroxyl groups is 1. The monoisotopic (exact) mass is 531 g/mol. The minimum atomic E-state index is -4.45. The third kappa shape index (κ3) is 3.78. The lowest BCUT2D eigenvalue weighted by Gasteiger charge is -2.53. The van der Waals surface area contributed by atoms with Crippen molar-refractivity contribution in [3.8, 4) is 5.75 Å². The molecule has 3 atom stereocenters. The van der Waals surface area contributed by atoms with Gasteiger partial charge in [0.1, 0.15) is 12.0 Å². The average molecular weight is 532 g/mol. The first-order chi connectivity index (χ1) is 17.6.